The van der Waals surface area contributed by atoms with Crippen LogP contribution in [0.1, 0.15) is 43.2 Å². The van der Waals surface area contributed by atoms with Gasteiger partial charge in [-0.2, -0.15) is 8.78 Å². The molecule has 0 aromatic heterocycles. The number of benzene rings is 3. The third-order valence-corrected chi connectivity index (χ3v) is 6.69. The number of alkyl halides is 2. The van der Waals surface area contributed by atoms with E-state index < -0.39 is 17.4 Å². The molecule has 0 bridgehead atoms. The number of carbonyl (C=O) groups is 1. The number of primary amides is 1. The van der Waals surface area contributed by atoms with Crippen LogP contribution in [-0.4, -0.2) is 36.5 Å². The first-order valence-corrected chi connectivity index (χ1v) is 12.9. The number of nitrogens with zero attached hydrogens (tertiary/aromatic N) is 1. The van der Waals surface area contributed by atoms with Crippen LogP contribution in [0.3, 0.4) is 0 Å². The van der Waals surface area contributed by atoms with Crippen molar-refractivity contribution in [2.45, 2.75) is 50.6 Å². The van der Waals surface area contributed by atoms with Gasteiger partial charge in [-0.1, -0.05) is 42.5 Å². The van der Waals surface area contributed by atoms with Gasteiger partial charge in [0.2, 0.25) is 0 Å². The monoisotopic (exact) mass is 528 g/mol. The molecule has 0 unspecified atom stereocenters. The van der Waals surface area contributed by atoms with E-state index in [0.29, 0.717) is 16.9 Å². The fourth-order valence-corrected chi connectivity index (χ4v) is 4.33. The standard InChI is InChI=1S/C16H22FNO.C14H10F3NO/c17-15-12-13(4-3-11-18-9-1-2-10-18)5-8-16(15)19-14-6-7-14;15-12-7-3-10(4-8-12)9-1-5-11(6-2-9)14(16,17)13(18)19/h5,8,12,14H,1-4,6-7,9-11H2;1-8H,(H2,18,19). The Bertz CT molecular complexity index is 1210. The molecule has 1 saturated heterocycles. The van der Waals surface area contributed by atoms with E-state index in [2.05, 4.69) is 10.6 Å². The molecule has 5 rings (SSSR count). The van der Waals surface area contributed by atoms with E-state index in [4.69, 9.17) is 4.74 Å². The van der Waals surface area contributed by atoms with Gasteiger partial charge in [0.05, 0.1) is 6.10 Å². The molecule has 1 saturated carbocycles. The first-order valence-electron chi connectivity index (χ1n) is 12.9. The van der Waals surface area contributed by atoms with Gasteiger partial charge in [0.15, 0.2) is 11.6 Å². The van der Waals surface area contributed by atoms with Crippen molar-refractivity contribution in [3.05, 3.63) is 89.5 Å². The van der Waals surface area contributed by atoms with Crippen LogP contribution in [0.5, 0.6) is 5.75 Å². The van der Waals surface area contributed by atoms with Gasteiger partial charge in [-0.05, 0) is 99.1 Å². The Morgan fingerprint density at radius 2 is 1.53 bits per heavy atom. The Balaban J connectivity index is 0.000000177. The van der Waals surface area contributed by atoms with Crippen LogP contribution in [0.2, 0.25) is 0 Å². The highest BCUT2D eigenvalue weighted by Gasteiger charge is 2.38. The molecule has 2 aliphatic rings. The van der Waals surface area contributed by atoms with Crippen molar-refractivity contribution in [3.63, 3.8) is 0 Å². The Kier molecular flexibility index (Phi) is 9.05. The number of ether oxygens (including phenoxy) is 1. The van der Waals surface area contributed by atoms with Crippen LogP contribution in [0.15, 0.2) is 66.7 Å². The summed E-state index contributed by atoms with van der Waals surface area (Å²) in [6, 6.07) is 16.2. The van der Waals surface area contributed by atoms with Crippen molar-refractivity contribution in [2.24, 2.45) is 5.73 Å². The molecule has 4 nitrogen and oxygen atoms in total. The predicted octanol–water partition coefficient (Wildman–Crippen LogP) is 6.47. The molecule has 0 spiro atoms. The van der Waals surface area contributed by atoms with E-state index in [-0.39, 0.29) is 17.7 Å². The summed E-state index contributed by atoms with van der Waals surface area (Å²) in [7, 11) is 0. The molecule has 0 atom stereocenters. The average molecular weight is 529 g/mol. The van der Waals surface area contributed by atoms with Gasteiger partial charge in [0.1, 0.15) is 5.82 Å². The lowest BCUT2D eigenvalue weighted by molar-refractivity contribution is -0.143. The topological polar surface area (TPSA) is 55.6 Å². The fourth-order valence-electron chi connectivity index (χ4n) is 4.33. The van der Waals surface area contributed by atoms with Gasteiger partial charge < -0.3 is 15.4 Å². The average Bonchev–Trinajstić information content (AvgIpc) is 3.57. The summed E-state index contributed by atoms with van der Waals surface area (Å²) in [4.78, 5) is 13.1. The second kappa shape index (κ2) is 12.4. The summed E-state index contributed by atoms with van der Waals surface area (Å²) in [6.45, 7) is 3.62. The first-order chi connectivity index (χ1) is 18.2. The maximum absolute atomic E-state index is 13.8. The predicted molar refractivity (Wildman–Crippen MR) is 139 cm³/mol. The SMILES string of the molecule is Fc1cc(CCCN2CCCC2)ccc1OC1CC1.NC(=O)C(F)(F)c1ccc(-c2ccc(F)cc2)cc1. The second-order valence-electron chi connectivity index (χ2n) is 9.76. The maximum Gasteiger partial charge on any atom is 0.349 e. The Hall–Kier alpha value is -3.39. The third kappa shape index (κ3) is 7.57. The van der Waals surface area contributed by atoms with Crippen molar-refractivity contribution in [1.82, 2.24) is 4.90 Å². The van der Waals surface area contributed by atoms with E-state index >= 15 is 0 Å². The smallest absolute Gasteiger partial charge is 0.349 e. The van der Waals surface area contributed by atoms with Gasteiger partial charge in [-0.25, -0.2) is 8.78 Å². The molecule has 2 fully saturated rings. The highest BCUT2D eigenvalue weighted by molar-refractivity contribution is 5.83. The zero-order valence-corrected chi connectivity index (χ0v) is 21.1. The van der Waals surface area contributed by atoms with Gasteiger partial charge >= 0.3 is 5.92 Å². The van der Waals surface area contributed by atoms with E-state index in [1.54, 1.807) is 12.1 Å². The number of rotatable bonds is 9. The van der Waals surface area contributed by atoms with Crippen molar-refractivity contribution in [3.8, 4) is 16.9 Å². The van der Waals surface area contributed by atoms with Crippen LogP contribution >= 0.6 is 0 Å². The zero-order valence-electron chi connectivity index (χ0n) is 21.1. The number of carbonyl (C=O) groups excluding carboxylic acids is 1. The number of aryl methyl sites for hydroxylation is 1. The second-order valence-corrected chi connectivity index (χ2v) is 9.76. The molecule has 1 aliphatic carbocycles. The zero-order chi connectivity index (χ0) is 27.1. The van der Waals surface area contributed by atoms with Crippen molar-refractivity contribution in [2.75, 3.05) is 19.6 Å². The number of nitrogens with two attached hydrogens (primary N) is 1. The van der Waals surface area contributed by atoms with Gasteiger partial charge in [-0.3, -0.25) is 4.79 Å². The Labute approximate surface area is 220 Å². The number of likely N-dealkylation sites (tertiary alicyclic amines) is 1. The minimum atomic E-state index is -3.69. The molecule has 1 heterocycles. The van der Waals surface area contributed by atoms with Crippen molar-refractivity contribution >= 4 is 5.91 Å². The van der Waals surface area contributed by atoms with Gasteiger partial charge in [-0.15, -0.1) is 0 Å². The van der Waals surface area contributed by atoms with Crippen molar-refractivity contribution in [1.29, 1.82) is 0 Å². The molecular weight excluding hydrogens is 496 g/mol. The Morgan fingerprint density at radius 1 is 0.921 bits per heavy atom. The van der Waals surface area contributed by atoms with Gasteiger partial charge in [0.25, 0.3) is 5.91 Å². The number of halogens is 4. The number of amides is 1. The number of hydrogen-bond donors (Lipinski definition) is 1. The highest BCUT2D eigenvalue weighted by Crippen LogP contribution is 2.30. The van der Waals surface area contributed by atoms with E-state index in [1.165, 1.54) is 62.3 Å². The normalized spacial score (nSPS) is 15.6. The summed E-state index contributed by atoms with van der Waals surface area (Å²) < 4.78 is 58.8. The van der Waals surface area contributed by atoms with Crippen LogP contribution < -0.4 is 10.5 Å². The number of hydrogen-bond acceptors (Lipinski definition) is 3. The summed E-state index contributed by atoms with van der Waals surface area (Å²) in [5.74, 6) is -5.54. The minimum absolute atomic E-state index is 0.203. The molecule has 3 aromatic carbocycles. The molecule has 1 aliphatic heterocycles. The van der Waals surface area contributed by atoms with E-state index in [0.717, 1.165) is 49.9 Å². The fraction of sp³-hybridized carbons (Fsp3) is 0.367. The summed E-state index contributed by atoms with van der Waals surface area (Å²) in [5.41, 5.74) is 6.59. The minimum Gasteiger partial charge on any atom is -0.487 e. The molecule has 202 valence electrons. The van der Waals surface area contributed by atoms with E-state index in [9.17, 15) is 22.4 Å². The van der Waals surface area contributed by atoms with E-state index in [1.807, 2.05) is 6.07 Å². The van der Waals surface area contributed by atoms with Gasteiger partial charge in [0, 0.05) is 5.56 Å². The third-order valence-electron chi connectivity index (χ3n) is 6.69. The lowest BCUT2D eigenvalue weighted by Gasteiger charge is -2.14. The molecule has 8 heteroatoms. The van der Waals surface area contributed by atoms with Crippen molar-refractivity contribution < 1.29 is 27.1 Å². The maximum atomic E-state index is 13.8. The lowest BCUT2D eigenvalue weighted by Crippen LogP contribution is -2.32. The summed E-state index contributed by atoms with van der Waals surface area (Å²) in [5, 5.41) is 0. The van der Waals surface area contributed by atoms with Crippen LogP contribution in [-0.2, 0) is 17.1 Å². The first kappa shape index (κ1) is 27.6. The quantitative estimate of drug-likeness (QED) is 0.324. The Morgan fingerprint density at radius 3 is 2.08 bits per heavy atom. The molecule has 38 heavy (non-hydrogen) atoms. The van der Waals surface area contributed by atoms with Crippen LogP contribution in [0.4, 0.5) is 17.6 Å². The summed E-state index contributed by atoms with van der Waals surface area (Å²) >= 11 is 0. The highest BCUT2D eigenvalue weighted by atomic mass is 19.3. The lowest BCUT2D eigenvalue weighted by atomic mass is 10.0. The largest absolute Gasteiger partial charge is 0.487 e. The van der Waals surface area contributed by atoms with Crippen LogP contribution in [0, 0.1) is 11.6 Å². The summed E-state index contributed by atoms with van der Waals surface area (Å²) in [6.07, 6.45) is 7.13. The molecule has 0 radical (unpaired) electrons. The molecule has 3 aromatic rings. The van der Waals surface area contributed by atoms with Crippen LogP contribution in [0.25, 0.3) is 11.1 Å². The molecule has 1 amide bonds. The molecule has 2 N–H and O–H groups in total. The molecular formula is C30H32F4N2O2.